The molecule has 26 heavy (non-hydrogen) atoms. The van der Waals surface area contributed by atoms with Crippen molar-refractivity contribution in [2.45, 2.75) is 11.8 Å². The molecule has 3 aromatic rings. The van der Waals surface area contributed by atoms with Crippen LogP contribution >= 0.6 is 0 Å². The lowest BCUT2D eigenvalue weighted by atomic mass is 9.99. The van der Waals surface area contributed by atoms with Gasteiger partial charge in [0.25, 0.3) is 0 Å². The van der Waals surface area contributed by atoms with Crippen molar-refractivity contribution in [3.63, 3.8) is 0 Å². The second-order valence-corrected chi connectivity index (χ2v) is 7.61. The molecular weight excluding hydrogens is 374 g/mol. The lowest BCUT2D eigenvalue weighted by Crippen LogP contribution is -2.03. The number of aryl methyl sites for hydroxylation is 1. The Morgan fingerprint density at radius 3 is 2.23 bits per heavy atom. The quantitative estimate of drug-likeness (QED) is 0.632. The van der Waals surface area contributed by atoms with Crippen molar-refractivity contribution >= 4 is 9.84 Å². The molecule has 0 radical (unpaired) electrons. The van der Waals surface area contributed by atoms with Gasteiger partial charge in [-0.25, -0.2) is 26.0 Å². The highest BCUT2D eigenvalue weighted by atomic mass is 32.2. The van der Waals surface area contributed by atoms with E-state index in [2.05, 4.69) is 5.16 Å². The minimum atomic E-state index is -3.97. The molecule has 3 rings (SSSR count). The largest absolute Gasteiger partial charge is 0.360 e. The van der Waals surface area contributed by atoms with Gasteiger partial charge >= 0.3 is 0 Å². The average Bonchev–Trinajstić information content (AvgIpc) is 2.92. The fraction of sp³-hybridized carbons (Fsp3) is 0.118. The Kier molecular flexibility index (Phi) is 4.35. The maximum atomic E-state index is 14.5. The van der Waals surface area contributed by atoms with Gasteiger partial charge in [-0.3, -0.25) is 0 Å². The molecule has 0 spiro atoms. The SMILES string of the molecule is Cc1onc(-c2ccc(F)c(F)c2)c1-c1cc(F)c(S(C)(=O)=O)cc1F. The van der Waals surface area contributed by atoms with Gasteiger partial charge in [0.15, 0.2) is 21.5 Å². The van der Waals surface area contributed by atoms with E-state index in [1.807, 2.05) is 0 Å². The third-order valence-corrected chi connectivity index (χ3v) is 4.86. The summed E-state index contributed by atoms with van der Waals surface area (Å²) < 4.78 is 83.4. The summed E-state index contributed by atoms with van der Waals surface area (Å²) in [7, 11) is -3.97. The van der Waals surface area contributed by atoms with Crippen molar-refractivity contribution in [3.8, 4) is 22.4 Å². The summed E-state index contributed by atoms with van der Waals surface area (Å²) >= 11 is 0. The topological polar surface area (TPSA) is 60.2 Å². The van der Waals surface area contributed by atoms with Crippen LogP contribution in [0.25, 0.3) is 22.4 Å². The van der Waals surface area contributed by atoms with E-state index < -0.39 is 38.0 Å². The fourth-order valence-electron chi connectivity index (χ4n) is 2.53. The Balaban J connectivity index is 2.24. The van der Waals surface area contributed by atoms with Crippen LogP contribution in [0.15, 0.2) is 39.8 Å². The van der Waals surface area contributed by atoms with E-state index in [1.54, 1.807) is 0 Å². The van der Waals surface area contributed by atoms with E-state index in [-0.39, 0.29) is 28.1 Å². The Hall–Kier alpha value is -2.68. The van der Waals surface area contributed by atoms with Crippen molar-refractivity contribution in [1.82, 2.24) is 5.16 Å². The standard InChI is InChI=1S/C17H11F4NO3S/c1-8-16(10-6-14(21)15(7-12(10)19)26(2,23)24)17(22-25-8)9-3-4-11(18)13(20)5-9/h3-7H,1-2H3. The second-order valence-electron chi connectivity index (χ2n) is 5.63. The van der Waals surface area contributed by atoms with Crippen molar-refractivity contribution in [2.75, 3.05) is 6.26 Å². The van der Waals surface area contributed by atoms with Crippen LogP contribution in [-0.2, 0) is 9.84 Å². The van der Waals surface area contributed by atoms with Crippen molar-refractivity contribution < 1.29 is 30.5 Å². The Bertz CT molecular complexity index is 1120. The third-order valence-electron chi connectivity index (χ3n) is 3.75. The van der Waals surface area contributed by atoms with Gasteiger partial charge in [-0.2, -0.15) is 0 Å². The molecule has 9 heteroatoms. The first-order chi connectivity index (χ1) is 12.1. The van der Waals surface area contributed by atoms with Crippen molar-refractivity contribution in [1.29, 1.82) is 0 Å². The first kappa shape index (κ1) is 18.1. The normalized spacial score (nSPS) is 11.8. The lowest BCUT2D eigenvalue weighted by Gasteiger charge is -2.08. The molecule has 0 bridgehead atoms. The average molecular weight is 385 g/mol. The smallest absolute Gasteiger partial charge is 0.178 e. The summed E-state index contributed by atoms with van der Waals surface area (Å²) in [5.74, 6) is -4.31. The van der Waals surface area contributed by atoms with Crippen molar-refractivity contribution in [3.05, 3.63) is 59.4 Å². The monoisotopic (exact) mass is 385 g/mol. The number of benzene rings is 2. The summed E-state index contributed by atoms with van der Waals surface area (Å²) in [6.45, 7) is 1.42. The van der Waals surface area contributed by atoms with Crippen LogP contribution in [0.4, 0.5) is 17.6 Å². The van der Waals surface area contributed by atoms with Crippen LogP contribution in [0.5, 0.6) is 0 Å². The van der Waals surface area contributed by atoms with Gasteiger partial charge in [0.1, 0.15) is 28.0 Å². The molecule has 0 atom stereocenters. The predicted molar refractivity (Wildman–Crippen MR) is 85.1 cm³/mol. The molecule has 0 saturated carbocycles. The van der Waals surface area contributed by atoms with Crippen LogP contribution in [0.2, 0.25) is 0 Å². The fourth-order valence-corrected chi connectivity index (χ4v) is 3.26. The molecule has 136 valence electrons. The van der Waals surface area contributed by atoms with E-state index in [0.29, 0.717) is 12.1 Å². The van der Waals surface area contributed by atoms with E-state index >= 15 is 0 Å². The highest BCUT2D eigenvalue weighted by Crippen LogP contribution is 2.37. The highest BCUT2D eigenvalue weighted by Gasteiger charge is 2.24. The molecule has 4 nitrogen and oxygen atoms in total. The Labute approximate surface area is 146 Å². The van der Waals surface area contributed by atoms with Crippen LogP contribution in [0.3, 0.4) is 0 Å². The summed E-state index contributed by atoms with van der Waals surface area (Å²) in [6, 6.07) is 4.17. The van der Waals surface area contributed by atoms with E-state index in [0.717, 1.165) is 18.4 Å². The summed E-state index contributed by atoms with van der Waals surface area (Å²) in [5.41, 5.74) is -0.254. The van der Waals surface area contributed by atoms with E-state index in [9.17, 15) is 26.0 Å². The molecule has 1 aromatic heterocycles. The van der Waals surface area contributed by atoms with Crippen molar-refractivity contribution in [2.24, 2.45) is 0 Å². The molecule has 2 aromatic carbocycles. The van der Waals surface area contributed by atoms with Gasteiger partial charge in [-0.1, -0.05) is 5.16 Å². The molecule has 1 heterocycles. The molecule has 0 fully saturated rings. The van der Waals surface area contributed by atoms with Crippen LogP contribution in [-0.4, -0.2) is 19.8 Å². The maximum absolute atomic E-state index is 14.5. The summed E-state index contributed by atoms with van der Waals surface area (Å²) in [4.78, 5) is -0.790. The Morgan fingerprint density at radius 2 is 1.62 bits per heavy atom. The number of rotatable bonds is 3. The van der Waals surface area contributed by atoms with Gasteiger partial charge < -0.3 is 4.52 Å². The first-order valence-corrected chi connectivity index (χ1v) is 9.10. The summed E-state index contributed by atoms with van der Waals surface area (Å²) in [5, 5.41) is 3.70. The zero-order chi connectivity index (χ0) is 19.2. The van der Waals surface area contributed by atoms with Gasteiger partial charge in [0.05, 0.1) is 5.56 Å². The van der Waals surface area contributed by atoms with Gasteiger partial charge in [-0.05, 0) is 37.3 Å². The van der Waals surface area contributed by atoms with Gasteiger partial charge in [0.2, 0.25) is 0 Å². The second kappa shape index (κ2) is 6.24. The number of sulfone groups is 1. The minimum Gasteiger partial charge on any atom is -0.360 e. The van der Waals surface area contributed by atoms with Gasteiger partial charge in [-0.15, -0.1) is 0 Å². The molecular formula is C17H11F4NO3S. The van der Waals surface area contributed by atoms with E-state index in [1.165, 1.54) is 13.0 Å². The number of hydrogen-bond acceptors (Lipinski definition) is 4. The number of halogens is 4. The molecule has 0 amide bonds. The van der Waals surface area contributed by atoms with Crippen LogP contribution in [0.1, 0.15) is 5.76 Å². The lowest BCUT2D eigenvalue weighted by molar-refractivity contribution is 0.400. The molecule has 0 aliphatic rings. The molecule has 0 N–H and O–H groups in total. The molecule has 0 aliphatic heterocycles. The van der Waals surface area contributed by atoms with Crippen LogP contribution in [0, 0.1) is 30.2 Å². The third kappa shape index (κ3) is 3.10. The zero-order valence-corrected chi connectivity index (χ0v) is 14.3. The maximum Gasteiger partial charge on any atom is 0.178 e. The first-order valence-electron chi connectivity index (χ1n) is 7.20. The highest BCUT2D eigenvalue weighted by molar-refractivity contribution is 7.90. The number of nitrogens with zero attached hydrogens (tertiary/aromatic N) is 1. The number of aromatic nitrogens is 1. The molecule has 0 unspecified atom stereocenters. The minimum absolute atomic E-state index is 0.00691. The molecule has 0 saturated heterocycles. The Morgan fingerprint density at radius 1 is 0.923 bits per heavy atom. The number of hydrogen-bond donors (Lipinski definition) is 0. The van der Waals surface area contributed by atoms with Crippen LogP contribution < -0.4 is 0 Å². The van der Waals surface area contributed by atoms with E-state index in [4.69, 9.17) is 4.52 Å². The van der Waals surface area contributed by atoms with Gasteiger partial charge in [0, 0.05) is 17.4 Å². The summed E-state index contributed by atoms with van der Waals surface area (Å²) in [6.07, 6.45) is 0.752. The predicted octanol–water partition coefficient (Wildman–Crippen LogP) is 4.28. The zero-order valence-electron chi connectivity index (χ0n) is 13.5. The molecule has 0 aliphatic carbocycles.